The molecule has 1 aromatic rings. The Bertz CT molecular complexity index is 418. The lowest BCUT2D eigenvalue weighted by molar-refractivity contribution is 0.289. The lowest BCUT2D eigenvalue weighted by atomic mass is 10.2. The van der Waals surface area contributed by atoms with E-state index in [9.17, 15) is 0 Å². The first kappa shape index (κ1) is 14.7. The standard InChI is InChI=1S/C14H23BrN4/c1-4-19(11-5-6-11)8-7-16-13-9-12(15)17-14(18-13)10(2)3/h9-11H,4-8H2,1-3H3,(H,16,17,18). The number of hydrogen-bond acceptors (Lipinski definition) is 4. The Morgan fingerprint density at radius 1 is 1.42 bits per heavy atom. The predicted molar refractivity (Wildman–Crippen MR) is 82.6 cm³/mol. The molecule has 1 saturated carbocycles. The molecule has 5 heteroatoms. The van der Waals surface area contributed by atoms with Crippen LogP contribution in [0.5, 0.6) is 0 Å². The zero-order valence-electron chi connectivity index (χ0n) is 12.0. The Morgan fingerprint density at radius 3 is 2.74 bits per heavy atom. The van der Waals surface area contributed by atoms with E-state index < -0.39 is 0 Å². The Kier molecular flexibility index (Phi) is 5.16. The Balaban J connectivity index is 1.88. The molecule has 0 radical (unpaired) electrons. The SMILES string of the molecule is CCN(CCNc1cc(Br)nc(C(C)C)n1)C1CC1. The zero-order chi connectivity index (χ0) is 13.8. The summed E-state index contributed by atoms with van der Waals surface area (Å²) in [7, 11) is 0. The molecule has 0 amide bonds. The van der Waals surface area contributed by atoms with Crippen LogP contribution in [-0.2, 0) is 0 Å². The zero-order valence-corrected chi connectivity index (χ0v) is 13.6. The third-order valence-corrected chi connectivity index (χ3v) is 3.81. The van der Waals surface area contributed by atoms with E-state index in [4.69, 9.17) is 0 Å². The lowest BCUT2D eigenvalue weighted by Crippen LogP contribution is -2.31. The molecule has 2 rings (SSSR count). The van der Waals surface area contributed by atoms with Crippen molar-refractivity contribution in [3.63, 3.8) is 0 Å². The van der Waals surface area contributed by atoms with E-state index in [1.165, 1.54) is 12.8 Å². The number of likely N-dealkylation sites (N-methyl/N-ethyl adjacent to an activating group) is 1. The second-order valence-electron chi connectivity index (χ2n) is 5.38. The lowest BCUT2D eigenvalue weighted by Gasteiger charge is -2.20. The van der Waals surface area contributed by atoms with Gasteiger partial charge in [0, 0.05) is 31.1 Å². The van der Waals surface area contributed by atoms with E-state index in [0.29, 0.717) is 5.92 Å². The molecule has 1 heterocycles. The van der Waals surface area contributed by atoms with E-state index in [-0.39, 0.29) is 0 Å². The van der Waals surface area contributed by atoms with E-state index in [2.05, 4.69) is 56.9 Å². The highest BCUT2D eigenvalue weighted by Gasteiger charge is 2.27. The van der Waals surface area contributed by atoms with Crippen molar-refractivity contribution in [3.8, 4) is 0 Å². The van der Waals surface area contributed by atoms with Crippen molar-refractivity contribution >= 4 is 21.7 Å². The first-order chi connectivity index (χ1) is 9.10. The minimum atomic E-state index is 0.344. The number of nitrogens with zero attached hydrogens (tertiary/aromatic N) is 3. The van der Waals surface area contributed by atoms with Gasteiger partial charge in [0.25, 0.3) is 0 Å². The number of rotatable bonds is 7. The number of aromatic nitrogens is 2. The fourth-order valence-corrected chi connectivity index (χ4v) is 2.55. The number of nitrogens with one attached hydrogen (secondary N) is 1. The summed E-state index contributed by atoms with van der Waals surface area (Å²) in [4.78, 5) is 11.5. The van der Waals surface area contributed by atoms with Gasteiger partial charge in [-0.1, -0.05) is 20.8 Å². The normalized spacial score (nSPS) is 15.3. The summed E-state index contributed by atoms with van der Waals surface area (Å²) in [5.74, 6) is 2.14. The molecule has 1 N–H and O–H groups in total. The number of hydrogen-bond donors (Lipinski definition) is 1. The molecular formula is C14H23BrN4. The van der Waals surface area contributed by atoms with E-state index in [1.807, 2.05) is 6.07 Å². The minimum absolute atomic E-state index is 0.344. The van der Waals surface area contributed by atoms with Gasteiger partial charge in [0.15, 0.2) is 0 Å². The molecule has 1 fully saturated rings. The quantitative estimate of drug-likeness (QED) is 0.781. The molecule has 0 saturated heterocycles. The molecular weight excluding hydrogens is 304 g/mol. The Morgan fingerprint density at radius 2 is 2.16 bits per heavy atom. The monoisotopic (exact) mass is 326 g/mol. The van der Waals surface area contributed by atoms with Gasteiger partial charge in [-0.05, 0) is 35.3 Å². The number of anilines is 1. The van der Waals surface area contributed by atoms with Crippen LogP contribution in [0.1, 0.15) is 45.4 Å². The predicted octanol–water partition coefficient (Wildman–Crippen LogP) is 3.26. The fourth-order valence-electron chi connectivity index (χ4n) is 2.15. The first-order valence-corrected chi connectivity index (χ1v) is 7.91. The van der Waals surface area contributed by atoms with Crippen molar-refractivity contribution < 1.29 is 0 Å². The van der Waals surface area contributed by atoms with Crippen LogP contribution in [0.4, 0.5) is 5.82 Å². The highest BCUT2D eigenvalue weighted by Crippen LogP contribution is 2.26. The first-order valence-electron chi connectivity index (χ1n) is 7.12. The van der Waals surface area contributed by atoms with Crippen LogP contribution in [0, 0.1) is 0 Å². The summed E-state index contributed by atoms with van der Waals surface area (Å²) < 4.78 is 0.850. The summed E-state index contributed by atoms with van der Waals surface area (Å²) >= 11 is 3.45. The van der Waals surface area contributed by atoms with Gasteiger partial charge in [-0.25, -0.2) is 9.97 Å². The molecule has 0 atom stereocenters. The van der Waals surface area contributed by atoms with E-state index in [0.717, 1.165) is 41.9 Å². The maximum absolute atomic E-state index is 4.55. The second-order valence-corrected chi connectivity index (χ2v) is 6.19. The van der Waals surface area contributed by atoms with Crippen LogP contribution in [-0.4, -0.2) is 40.5 Å². The fraction of sp³-hybridized carbons (Fsp3) is 0.714. The highest BCUT2D eigenvalue weighted by atomic mass is 79.9. The van der Waals surface area contributed by atoms with Crippen LogP contribution < -0.4 is 5.32 Å². The van der Waals surface area contributed by atoms with Gasteiger partial charge < -0.3 is 5.32 Å². The molecule has 1 aliphatic carbocycles. The van der Waals surface area contributed by atoms with Crippen molar-refractivity contribution in [1.29, 1.82) is 0 Å². The van der Waals surface area contributed by atoms with E-state index in [1.54, 1.807) is 0 Å². The molecule has 0 spiro atoms. The smallest absolute Gasteiger partial charge is 0.134 e. The van der Waals surface area contributed by atoms with E-state index >= 15 is 0 Å². The maximum Gasteiger partial charge on any atom is 0.134 e. The molecule has 19 heavy (non-hydrogen) atoms. The molecule has 0 bridgehead atoms. The van der Waals surface area contributed by atoms with Gasteiger partial charge in [-0.2, -0.15) is 0 Å². The number of halogens is 1. The molecule has 0 unspecified atom stereocenters. The third kappa shape index (κ3) is 4.42. The summed E-state index contributed by atoms with van der Waals surface area (Å²) in [6, 6.07) is 2.77. The van der Waals surface area contributed by atoms with Crippen molar-refractivity contribution in [2.45, 2.75) is 45.6 Å². The molecule has 4 nitrogen and oxygen atoms in total. The highest BCUT2D eigenvalue weighted by molar-refractivity contribution is 9.10. The van der Waals surface area contributed by atoms with Gasteiger partial charge in [-0.3, -0.25) is 4.90 Å². The molecule has 1 aliphatic rings. The minimum Gasteiger partial charge on any atom is -0.369 e. The van der Waals surface area contributed by atoms with Gasteiger partial charge >= 0.3 is 0 Å². The van der Waals surface area contributed by atoms with Crippen LogP contribution in [0.2, 0.25) is 0 Å². The van der Waals surface area contributed by atoms with Gasteiger partial charge in [0.05, 0.1) is 0 Å². The van der Waals surface area contributed by atoms with Crippen molar-refractivity contribution in [2.75, 3.05) is 25.0 Å². The maximum atomic E-state index is 4.55. The molecule has 106 valence electrons. The van der Waals surface area contributed by atoms with Crippen molar-refractivity contribution in [1.82, 2.24) is 14.9 Å². The summed E-state index contributed by atoms with van der Waals surface area (Å²) in [6.07, 6.45) is 2.73. The summed E-state index contributed by atoms with van der Waals surface area (Å²) in [5, 5.41) is 3.41. The van der Waals surface area contributed by atoms with Crippen LogP contribution in [0.3, 0.4) is 0 Å². The van der Waals surface area contributed by atoms with Gasteiger partial charge in [0.1, 0.15) is 16.2 Å². The Labute approximate surface area is 124 Å². The second kappa shape index (κ2) is 6.66. The van der Waals surface area contributed by atoms with Crippen LogP contribution in [0.25, 0.3) is 0 Å². The average molecular weight is 327 g/mol. The molecule has 0 aliphatic heterocycles. The van der Waals surface area contributed by atoms with Crippen molar-refractivity contribution in [2.24, 2.45) is 0 Å². The molecule has 1 aromatic heterocycles. The Hall–Kier alpha value is -0.680. The summed E-state index contributed by atoms with van der Waals surface area (Å²) in [6.45, 7) is 9.60. The molecule has 0 aromatic carbocycles. The van der Waals surface area contributed by atoms with Crippen molar-refractivity contribution in [3.05, 3.63) is 16.5 Å². The van der Waals surface area contributed by atoms with Crippen LogP contribution >= 0.6 is 15.9 Å². The van der Waals surface area contributed by atoms with Gasteiger partial charge in [0.2, 0.25) is 0 Å². The topological polar surface area (TPSA) is 41.0 Å². The third-order valence-electron chi connectivity index (χ3n) is 3.40. The average Bonchev–Trinajstić information content (AvgIpc) is 3.18. The largest absolute Gasteiger partial charge is 0.369 e. The summed E-state index contributed by atoms with van der Waals surface area (Å²) in [5.41, 5.74) is 0. The van der Waals surface area contributed by atoms with Crippen LogP contribution in [0.15, 0.2) is 10.7 Å². The van der Waals surface area contributed by atoms with Gasteiger partial charge in [-0.15, -0.1) is 0 Å².